The third kappa shape index (κ3) is 6.67. The van der Waals surface area contributed by atoms with E-state index in [1.807, 2.05) is 93.6 Å². The summed E-state index contributed by atoms with van der Waals surface area (Å²) in [6.07, 6.45) is 2.31. The number of benzene rings is 3. The van der Waals surface area contributed by atoms with Crippen LogP contribution in [0.15, 0.2) is 83.0 Å². The van der Waals surface area contributed by atoms with Gasteiger partial charge >= 0.3 is 5.97 Å². The quantitative estimate of drug-likeness (QED) is 0.139. The topological polar surface area (TPSA) is 70.8 Å². The number of aryl methyl sites for hydroxylation is 3. The standard InChI is InChI=1S/C31H31NO5/c1-21-17-25(19-28(34-4)31(33)36-20-24-11-7-5-8-12-24)18-22(2)29(21)35-16-15-27-23(3)37-30(32-27)26-13-9-6-10-14-26/h5-14,17-19H,15-16,20H2,1-4H3. The second-order valence-corrected chi connectivity index (χ2v) is 8.74. The highest BCUT2D eigenvalue weighted by molar-refractivity contribution is 5.91. The summed E-state index contributed by atoms with van der Waals surface area (Å²) in [6, 6.07) is 23.3. The Balaban J connectivity index is 1.39. The predicted molar refractivity (Wildman–Crippen MR) is 143 cm³/mol. The van der Waals surface area contributed by atoms with E-state index >= 15 is 0 Å². The van der Waals surface area contributed by atoms with Gasteiger partial charge in [-0.15, -0.1) is 0 Å². The van der Waals surface area contributed by atoms with Crippen LogP contribution in [-0.4, -0.2) is 24.7 Å². The van der Waals surface area contributed by atoms with E-state index in [9.17, 15) is 4.79 Å². The van der Waals surface area contributed by atoms with Crippen LogP contribution in [0.1, 0.15) is 33.7 Å². The van der Waals surface area contributed by atoms with Crippen molar-refractivity contribution < 1.29 is 23.4 Å². The van der Waals surface area contributed by atoms with Crippen LogP contribution in [0.25, 0.3) is 17.5 Å². The van der Waals surface area contributed by atoms with Crippen molar-refractivity contribution in [2.24, 2.45) is 0 Å². The fourth-order valence-corrected chi connectivity index (χ4v) is 4.06. The molecule has 0 aliphatic carbocycles. The van der Waals surface area contributed by atoms with Gasteiger partial charge in [-0.2, -0.15) is 0 Å². The van der Waals surface area contributed by atoms with E-state index in [2.05, 4.69) is 4.98 Å². The molecule has 0 saturated carbocycles. The SMILES string of the molecule is COC(=Cc1cc(C)c(OCCc2nc(-c3ccccc3)oc2C)c(C)c1)C(=O)OCc1ccccc1. The molecular formula is C31H31NO5. The van der Waals surface area contributed by atoms with Crippen LogP contribution in [0.2, 0.25) is 0 Å². The minimum atomic E-state index is -0.514. The zero-order valence-electron chi connectivity index (χ0n) is 21.6. The molecule has 6 nitrogen and oxygen atoms in total. The number of hydrogen-bond donors (Lipinski definition) is 0. The first kappa shape index (κ1) is 25.8. The van der Waals surface area contributed by atoms with Crippen molar-refractivity contribution in [2.75, 3.05) is 13.7 Å². The summed E-state index contributed by atoms with van der Waals surface area (Å²) < 4.78 is 22.7. The number of oxazole rings is 1. The molecule has 0 spiro atoms. The molecule has 0 amide bonds. The molecule has 0 aliphatic heterocycles. The number of carbonyl (C=O) groups excluding carboxylic acids is 1. The maximum absolute atomic E-state index is 12.5. The zero-order chi connectivity index (χ0) is 26.2. The third-order valence-electron chi connectivity index (χ3n) is 5.91. The molecule has 0 aliphatic rings. The number of ether oxygens (including phenoxy) is 3. The van der Waals surface area contributed by atoms with E-state index in [4.69, 9.17) is 18.6 Å². The normalized spacial score (nSPS) is 11.3. The molecule has 0 fully saturated rings. The molecule has 0 radical (unpaired) electrons. The van der Waals surface area contributed by atoms with Crippen LogP contribution in [0.5, 0.6) is 5.75 Å². The van der Waals surface area contributed by atoms with Gasteiger partial charge in [-0.05, 0) is 73.4 Å². The van der Waals surface area contributed by atoms with Gasteiger partial charge in [-0.3, -0.25) is 0 Å². The summed E-state index contributed by atoms with van der Waals surface area (Å²) in [6.45, 7) is 6.53. The van der Waals surface area contributed by atoms with Gasteiger partial charge in [0, 0.05) is 12.0 Å². The van der Waals surface area contributed by atoms with Crippen molar-refractivity contribution in [3.05, 3.63) is 112 Å². The van der Waals surface area contributed by atoms with Crippen molar-refractivity contribution in [3.8, 4) is 17.2 Å². The molecule has 4 rings (SSSR count). The highest BCUT2D eigenvalue weighted by atomic mass is 16.6. The van der Waals surface area contributed by atoms with E-state index in [0.29, 0.717) is 18.9 Å². The summed E-state index contributed by atoms with van der Waals surface area (Å²) in [5.74, 6) is 1.85. The third-order valence-corrected chi connectivity index (χ3v) is 5.91. The Hall–Kier alpha value is -4.32. The van der Waals surface area contributed by atoms with E-state index in [1.165, 1.54) is 7.11 Å². The predicted octanol–water partition coefficient (Wildman–Crippen LogP) is 6.62. The number of methoxy groups -OCH3 is 1. The van der Waals surface area contributed by atoms with Gasteiger partial charge in [0.15, 0.2) is 0 Å². The van der Waals surface area contributed by atoms with Crippen molar-refractivity contribution in [1.82, 2.24) is 4.98 Å². The Morgan fingerprint density at radius 2 is 1.59 bits per heavy atom. The van der Waals surface area contributed by atoms with Crippen LogP contribution in [0.3, 0.4) is 0 Å². The number of nitrogens with zero attached hydrogens (tertiary/aromatic N) is 1. The Labute approximate surface area is 217 Å². The minimum Gasteiger partial charge on any atom is -0.493 e. The lowest BCUT2D eigenvalue weighted by Gasteiger charge is -2.13. The second-order valence-electron chi connectivity index (χ2n) is 8.74. The maximum Gasteiger partial charge on any atom is 0.373 e. The average molecular weight is 498 g/mol. The molecule has 37 heavy (non-hydrogen) atoms. The second kappa shape index (κ2) is 12.1. The van der Waals surface area contributed by atoms with E-state index in [1.54, 1.807) is 6.08 Å². The van der Waals surface area contributed by atoms with Crippen LogP contribution in [-0.2, 0) is 27.3 Å². The molecule has 4 aromatic rings. The monoisotopic (exact) mass is 497 g/mol. The number of carbonyl (C=O) groups is 1. The van der Waals surface area contributed by atoms with Gasteiger partial charge in [0.1, 0.15) is 18.1 Å². The van der Waals surface area contributed by atoms with Crippen LogP contribution < -0.4 is 4.74 Å². The minimum absolute atomic E-state index is 0.138. The van der Waals surface area contributed by atoms with Gasteiger partial charge < -0.3 is 18.6 Å². The van der Waals surface area contributed by atoms with Gasteiger partial charge in [0.25, 0.3) is 0 Å². The van der Waals surface area contributed by atoms with Gasteiger partial charge in [0.05, 0.1) is 19.4 Å². The van der Waals surface area contributed by atoms with Crippen molar-refractivity contribution in [2.45, 2.75) is 33.8 Å². The molecule has 190 valence electrons. The fourth-order valence-electron chi connectivity index (χ4n) is 4.06. The van der Waals surface area contributed by atoms with Crippen LogP contribution >= 0.6 is 0 Å². The van der Waals surface area contributed by atoms with Gasteiger partial charge in [-0.25, -0.2) is 9.78 Å². The van der Waals surface area contributed by atoms with Crippen molar-refractivity contribution in [3.63, 3.8) is 0 Å². The van der Waals surface area contributed by atoms with Crippen molar-refractivity contribution >= 4 is 12.0 Å². The molecular weight excluding hydrogens is 466 g/mol. The fraction of sp³-hybridized carbons (Fsp3) is 0.226. The molecule has 1 aromatic heterocycles. The number of esters is 1. The molecule has 3 aromatic carbocycles. The van der Waals surface area contributed by atoms with E-state index in [-0.39, 0.29) is 12.4 Å². The number of rotatable bonds is 10. The van der Waals surface area contributed by atoms with Gasteiger partial charge in [-0.1, -0.05) is 48.5 Å². The Kier molecular flexibility index (Phi) is 8.41. The lowest BCUT2D eigenvalue weighted by Crippen LogP contribution is -2.09. The molecule has 1 heterocycles. The zero-order valence-corrected chi connectivity index (χ0v) is 21.6. The number of aromatic nitrogens is 1. The summed E-state index contributed by atoms with van der Waals surface area (Å²) in [5.41, 5.74) is 5.50. The number of hydrogen-bond acceptors (Lipinski definition) is 6. The molecule has 6 heteroatoms. The Morgan fingerprint density at radius 3 is 2.24 bits per heavy atom. The average Bonchev–Trinajstić information content (AvgIpc) is 3.28. The van der Waals surface area contributed by atoms with Crippen LogP contribution in [0.4, 0.5) is 0 Å². The van der Waals surface area contributed by atoms with E-state index in [0.717, 1.165) is 45.0 Å². The maximum atomic E-state index is 12.5. The largest absolute Gasteiger partial charge is 0.493 e. The molecule has 0 saturated heterocycles. The first-order valence-electron chi connectivity index (χ1n) is 12.2. The smallest absolute Gasteiger partial charge is 0.373 e. The first-order valence-corrected chi connectivity index (χ1v) is 12.2. The molecule has 0 N–H and O–H groups in total. The van der Waals surface area contributed by atoms with Gasteiger partial charge in [0.2, 0.25) is 11.6 Å². The molecule has 0 bridgehead atoms. The first-order chi connectivity index (χ1) is 17.9. The van der Waals surface area contributed by atoms with Crippen LogP contribution in [0, 0.1) is 20.8 Å². The van der Waals surface area contributed by atoms with E-state index < -0.39 is 5.97 Å². The lowest BCUT2D eigenvalue weighted by molar-refractivity contribution is -0.143. The Bertz CT molecular complexity index is 1350. The van der Waals surface area contributed by atoms with Crippen molar-refractivity contribution in [1.29, 1.82) is 0 Å². The lowest BCUT2D eigenvalue weighted by atomic mass is 10.0. The summed E-state index contributed by atoms with van der Waals surface area (Å²) in [4.78, 5) is 17.2. The summed E-state index contributed by atoms with van der Waals surface area (Å²) >= 11 is 0. The highest BCUT2D eigenvalue weighted by Gasteiger charge is 2.15. The molecule has 0 unspecified atom stereocenters. The summed E-state index contributed by atoms with van der Waals surface area (Å²) in [5, 5.41) is 0. The molecule has 0 atom stereocenters. The summed E-state index contributed by atoms with van der Waals surface area (Å²) in [7, 11) is 1.46. The highest BCUT2D eigenvalue weighted by Crippen LogP contribution is 2.27. The Morgan fingerprint density at radius 1 is 0.946 bits per heavy atom.